The highest BCUT2D eigenvalue weighted by Crippen LogP contribution is 2.24. The number of carbonyl (C=O) groups excluding carboxylic acids is 1. The predicted molar refractivity (Wildman–Crippen MR) is 74.7 cm³/mol. The van der Waals surface area contributed by atoms with Crippen LogP contribution in [0.1, 0.15) is 46.5 Å². The van der Waals surface area contributed by atoms with Gasteiger partial charge >= 0.3 is 5.97 Å². The van der Waals surface area contributed by atoms with E-state index in [1.165, 1.54) is 0 Å². The summed E-state index contributed by atoms with van der Waals surface area (Å²) in [6.45, 7) is 6.25. The van der Waals surface area contributed by atoms with E-state index in [0.29, 0.717) is 18.8 Å². The Bertz CT molecular complexity index is 355. The van der Waals surface area contributed by atoms with E-state index in [2.05, 4.69) is 17.5 Å². The number of nitrogens with one attached hydrogen (secondary N) is 1. The molecule has 0 aromatic carbocycles. The van der Waals surface area contributed by atoms with Crippen molar-refractivity contribution in [2.45, 2.75) is 46.5 Å². The Balaban J connectivity index is 2.36. The highest BCUT2D eigenvalue weighted by Gasteiger charge is 2.25. The van der Waals surface area contributed by atoms with E-state index in [-0.39, 0.29) is 17.9 Å². The number of carboxylic acids is 1. The van der Waals surface area contributed by atoms with Crippen LogP contribution in [0.3, 0.4) is 0 Å². The summed E-state index contributed by atoms with van der Waals surface area (Å²) in [5, 5.41) is 11.9. The van der Waals surface area contributed by atoms with Gasteiger partial charge in [0, 0.05) is 13.0 Å². The lowest BCUT2D eigenvalue weighted by Crippen LogP contribution is -2.35. The molecular formula is C15H25NO3. The molecule has 2 unspecified atom stereocenters. The minimum absolute atomic E-state index is 0.0447. The first kappa shape index (κ1) is 15.7. The molecule has 4 nitrogen and oxygen atoms in total. The molecule has 0 bridgehead atoms. The molecule has 2 N–H and O–H groups in total. The Morgan fingerprint density at radius 3 is 2.58 bits per heavy atom. The first-order chi connectivity index (χ1) is 8.78. The summed E-state index contributed by atoms with van der Waals surface area (Å²) in [4.78, 5) is 22.9. The second-order valence-electron chi connectivity index (χ2n) is 6.57. The zero-order valence-electron chi connectivity index (χ0n) is 12.1. The number of rotatable bonds is 6. The topological polar surface area (TPSA) is 66.4 Å². The molecule has 108 valence electrons. The Morgan fingerprint density at radius 1 is 1.42 bits per heavy atom. The third kappa shape index (κ3) is 6.41. The predicted octanol–water partition coefficient (Wildman–Crippen LogP) is 2.60. The molecule has 0 saturated carbocycles. The lowest BCUT2D eigenvalue weighted by molar-refractivity contribution is -0.142. The van der Waals surface area contributed by atoms with Gasteiger partial charge in [-0.25, -0.2) is 0 Å². The fraction of sp³-hybridized carbons (Fsp3) is 0.733. The van der Waals surface area contributed by atoms with Crippen molar-refractivity contribution in [2.24, 2.45) is 17.3 Å². The van der Waals surface area contributed by atoms with Crippen LogP contribution >= 0.6 is 0 Å². The monoisotopic (exact) mass is 267 g/mol. The number of hydrogen-bond donors (Lipinski definition) is 2. The molecule has 0 spiro atoms. The molecule has 2 atom stereocenters. The number of allylic oxidation sites excluding steroid dienone is 2. The van der Waals surface area contributed by atoms with Crippen LogP contribution in [0.4, 0.5) is 0 Å². The number of amides is 1. The van der Waals surface area contributed by atoms with Crippen molar-refractivity contribution in [3.05, 3.63) is 12.2 Å². The average molecular weight is 267 g/mol. The average Bonchev–Trinajstić information content (AvgIpc) is 2.75. The van der Waals surface area contributed by atoms with Gasteiger partial charge in [0.15, 0.2) is 0 Å². The molecule has 4 heteroatoms. The quantitative estimate of drug-likeness (QED) is 0.727. The molecule has 0 aromatic rings. The number of aliphatic carboxylic acids is 1. The fourth-order valence-corrected chi connectivity index (χ4v) is 2.40. The van der Waals surface area contributed by atoms with Gasteiger partial charge in [-0.15, -0.1) is 0 Å². The minimum Gasteiger partial charge on any atom is -0.481 e. The van der Waals surface area contributed by atoms with Crippen LogP contribution in [0, 0.1) is 17.3 Å². The highest BCUT2D eigenvalue weighted by molar-refractivity contribution is 5.77. The summed E-state index contributed by atoms with van der Waals surface area (Å²) in [6, 6.07) is 0. The molecule has 0 saturated heterocycles. The second kappa shape index (κ2) is 6.73. The third-order valence-corrected chi connectivity index (χ3v) is 3.31. The molecule has 0 aliphatic heterocycles. The first-order valence-corrected chi connectivity index (χ1v) is 6.94. The van der Waals surface area contributed by atoms with E-state index in [1.807, 2.05) is 20.8 Å². The minimum atomic E-state index is -0.837. The number of carbonyl (C=O) groups is 2. The van der Waals surface area contributed by atoms with Gasteiger partial charge < -0.3 is 10.4 Å². The molecule has 1 aliphatic rings. The van der Waals surface area contributed by atoms with Gasteiger partial charge in [-0.05, 0) is 30.6 Å². The third-order valence-electron chi connectivity index (χ3n) is 3.31. The van der Waals surface area contributed by atoms with Gasteiger partial charge in [0.05, 0.1) is 5.92 Å². The summed E-state index contributed by atoms with van der Waals surface area (Å²) in [5.74, 6) is -1.07. The Labute approximate surface area is 115 Å². The van der Waals surface area contributed by atoms with Gasteiger partial charge in [0.1, 0.15) is 0 Å². The highest BCUT2D eigenvalue weighted by atomic mass is 16.4. The van der Waals surface area contributed by atoms with Crippen LogP contribution in [0.5, 0.6) is 0 Å². The maximum absolute atomic E-state index is 11.8. The maximum atomic E-state index is 11.8. The Hall–Kier alpha value is -1.32. The fourth-order valence-electron chi connectivity index (χ4n) is 2.40. The Morgan fingerprint density at radius 2 is 2.11 bits per heavy atom. The van der Waals surface area contributed by atoms with Crippen LogP contribution in [0.15, 0.2) is 12.2 Å². The van der Waals surface area contributed by atoms with E-state index in [4.69, 9.17) is 0 Å². The van der Waals surface area contributed by atoms with E-state index in [0.717, 1.165) is 12.8 Å². The van der Waals surface area contributed by atoms with Gasteiger partial charge in [0.25, 0.3) is 0 Å². The smallest absolute Gasteiger partial charge is 0.308 e. The van der Waals surface area contributed by atoms with Crippen LogP contribution in [-0.2, 0) is 9.59 Å². The van der Waals surface area contributed by atoms with Crippen molar-refractivity contribution >= 4 is 11.9 Å². The molecular weight excluding hydrogens is 242 g/mol. The summed E-state index contributed by atoms with van der Waals surface area (Å²) in [7, 11) is 0. The molecule has 0 aromatic heterocycles. The molecule has 1 rings (SSSR count). The zero-order chi connectivity index (χ0) is 14.5. The van der Waals surface area contributed by atoms with Gasteiger partial charge in [0.2, 0.25) is 5.91 Å². The molecule has 1 aliphatic carbocycles. The van der Waals surface area contributed by atoms with E-state index < -0.39 is 11.9 Å². The van der Waals surface area contributed by atoms with Crippen molar-refractivity contribution in [1.29, 1.82) is 0 Å². The Kier molecular flexibility index (Phi) is 5.58. The van der Waals surface area contributed by atoms with Gasteiger partial charge in [-0.2, -0.15) is 0 Å². The van der Waals surface area contributed by atoms with E-state index in [9.17, 15) is 14.7 Å². The van der Waals surface area contributed by atoms with Crippen LogP contribution in [-0.4, -0.2) is 23.5 Å². The SMILES string of the molecule is CC(C)(C)CC(CNC(=O)CC1C=CCC1)C(=O)O. The molecule has 0 radical (unpaired) electrons. The summed E-state index contributed by atoms with van der Waals surface area (Å²) >= 11 is 0. The zero-order valence-corrected chi connectivity index (χ0v) is 12.1. The van der Waals surface area contributed by atoms with Crippen molar-refractivity contribution in [1.82, 2.24) is 5.32 Å². The summed E-state index contributed by atoms with van der Waals surface area (Å²) in [6.07, 6.45) is 7.27. The van der Waals surface area contributed by atoms with Crippen molar-refractivity contribution in [3.8, 4) is 0 Å². The summed E-state index contributed by atoms with van der Waals surface area (Å²) < 4.78 is 0. The molecule has 0 fully saturated rings. The van der Waals surface area contributed by atoms with E-state index in [1.54, 1.807) is 0 Å². The van der Waals surface area contributed by atoms with Crippen molar-refractivity contribution < 1.29 is 14.7 Å². The largest absolute Gasteiger partial charge is 0.481 e. The summed E-state index contributed by atoms with van der Waals surface area (Å²) in [5.41, 5.74) is -0.0536. The number of hydrogen-bond acceptors (Lipinski definition) is 2. The van der Waals surface area contributed by atoms with Crippen molar-refractivity contribution in [3.63, 3.8) is 0 Å². The maximum Gasteiger partial charge on any atom is 0.308 e. The first-order valence-electron chi connectivity index (χ1n) is 6.94. The van der Waals surface area contributed by atoms with Crippen LogP contribution < -0.4 is 5.32 Å². The van der Waals surface area contributed by atoms with Crippen LogP contribution in [0.25, 0.3) is 0 Å². The molecule has 1 amide bonds. The van der Waals surface area contributed by atoms with Crippen molar-refractivity contribution in [2.75, 3.05) is 6.54 Å². The van der Waals surface area contributed by atoms with Crippen LogP contribution in [0.2, 0.25) is 0 Å². The lowest BCUT2D eigenvalue weighted by Gasteiger charge is -2.23. The number of carboxylic acid groups (broad SMARTS) is 1. The molecule has 0 heterocycles. The van der Waals surface area contributed by atoms with Gasteiger partial charge in [-0.1, -0.05) is 32.9 Å². The lowest BCUT2D eigenvalue weighted by atomic mass is 9.84. The van der Waals surface area contributed by atoms with Gasteiger partial charge in [-0.3, -0.25) is 9.59 Å². The second-order valence-corrected chi connectivity index (χ2v) is 6.57. The van der Waals surface area contributed by atoms with E-state index >= 15 is 0 Å². The standard InChI is InChI=1S/C15H25NO3/c1-15(2,3)9-12(14(18)19)10-16-13(17)8-11-6-4-5-7-11/h4,6,11-12H,5,7-10H2,1-3H3,(H,16,17)(H,18,19). The normalized spacial score (nSPS) is 20.3. The molecule has 19 heavy (non-hydrogen) atoms.